The van der Waals surface area contributed by atoms with E-state index in [9.17, 15) is 13.2 Å². The molecule has 1 aliphatic heterocycles. The molecule has 0 aromatic heterocycles. The zero-order valence-electron chi connectivity index (χ0n) is 9.26. The smallest absolute Gasteiger partial charge is 0.407 e. The molecule has 1 atom stereocenters. The Kier molecular flexibility index (Phi) is 3.59. The number of nitrogens with two attached hydrogens (primary N) is 1. The summed E-state index contributed by atoms with van der Waals surface area (Å²) in [5.74, 6) is 0.585. The van der Waals surface area contributed by atoms with Gasteiger partial charge in [0.15, 0.2) is 11.5 Å². The standard InChI is InChI=1S/C11H11ClF3NO2/c12-7-5-9-8(17-2-1-3-18-9)4-6(7)10(16)11(13,14)15/h4-5,10H,1-3,16H2. The molecule has 1 aromatic rings. The summed E-state index contributed by atoms with van der Waals surface area (Å²) in [5, 5.41) is -0.0796. The van der Waals surface area contributed by atoms with Crippen molar-refractivity contribution in [2.75, 3.05) is 13.2 Å². The molecule has 1 aromatic carbocycles. The third-order valence-corrected chi connectivity index (χ3v) is 2.88. The lowest BCUT2D eigenvalue weighted by molar-refractivity contribution is -0.149. The molecule has 7 heteroatoms. The molecule has 1 heterocycles. The molecule has 18 heavy (non-hydrogen) atoms. The number of fused-ring (bicyclic) bond motifs is 1. The van der Waals surface area contributed by atoms with Crippen molar-refractivity contribution in [3.05, 3.63) is 22.7 Å². The predicted molar refractivity (Wildman–Crippen MR) is 60.0 cm³/mol. The van der Waals surface area contributed by atoms with Crippen molar-refractivity contribution in [1.82, 2.24) is 0 Å². The lowest BCUT2D eigenvalue weighted by atomic mass is 10.1. The van der Waals surface area contributed by atoms with Crippen molar-refractivity contribution in [2.24, 2.45) is 5.73 Å². The molecule has 0 radical (unpaired) electrons. The first-order valence-electron chi connectivity index (χ1n) is 5.31. The zero-order chi connectivity index (χ0) is 13.3. The first kappa shape index (κ1) is 13.3. The average Bonchev–Trinajstić information content (AvgIpc) is 2.50. The van der Waals surface area contributed by atoms with E-state index in [0.717, 1.165) is 0 Å². The molecule has 0 saturated heterocycles. The van der Waals surface area contributed by atoms with E-state index in [-0.39, 0.29) is 16.3 Å². The van der Waals surface area contributed by atoms with Crippen molar-refractivity contribution < 1.29 is 22.6 Å². The molecule has 0 bridgehead atoms. The lowest BCUT2D eigenvalue weighted by Gasteiger charge is -2.19. The monoisotopic (exact) mass is 281 g/mol. The summed E-state index contributed by atoms with van der Waals surface area (Å²) in [6.07, 6.45) is -3.89. The zero-order valence-corrected chi connectivity index (χ0v) is 10.0. The fourth-order valence-electron chi connectivity index (χ4n) is 1.61. The molecular weight excluding hydrogens is 271 g/mol. The molecule has 1 aliphatic rings. The Bertz CT molecular complexity index is 451. The quantitative estimate of drug-likeness (QED) is 0.860. The van der Waals surface area contributed by atoms with Crippen LogP contribution in [0.4, 0.5) is 13.2 Å². The first-order valence-corrected chi connectivity index (χ1v) is 5.68. The normalized spacial score (nSPS) is 17.2. The molecule has 1 unspecified atom stereocenters. The number of alkyl halides is 3. The van der Waals surface area contributed by atoms with E-state index in [2.05, 4.69) is 0 Å². The van der Waals surface area contributed by atoms with E-state index in [1.165, 1.54) is 12.1 Å². The molecule has 0 aliphatic carbocycles. The Balaban J connectivity index is 2.41. The number of benzene rings is 1. The number of rotatable bonds is 1. The maximum Gasteiger partial charge on any atom is 0.407 e. The van der Waals surface area contributed by atoms with Crippen molar-refractivity contribution in [3.63, 3.8) is 0 Å². The van der Waals surface area contributed by atoms with Crippen LogP contribution in [0.1, 0.15) is 18.0 Å². The second kappa shape index (κ2) is 4.85. The third kappa shape index (κ3) is 2.64. The fraction of sp³-hybridized carbons (Fsp3) is 0.455. The van der Waals surface area contributed by atoms with Crippen molar-refractivity contribution >= 4 is 11.6 Å². The van der Waals surface area contributed by atoms with E-state index in [4.69, 9.17) is 26.8 Å². The Hall–Kier alpha value is -1.14. The minimum atomic E-state index is -4.55. The minimum Gasteiger partial charge on any atom is -0.490 e. The van der Waals surface area contributed by atoms with Gasteiger partial charge < -0.3 is 15.2 Å². The van der Waals surface area contributed by atoms with Crippen LogP contribution >= 0.6 is 11.6 Å². The SMILES string of the molecule is NC(c1cc2c(cc1Cl)OCCCO2)C(F)(F)F. The topological polar surface area (TPSA) is 44.5 Å². The lowest BCUT2D eigenvalue weighted by Crippen LogP contribution is -2.28. The van der Waals surface area contributed by atoms with Gasteiger partial charge in [-0.1, -0.05) is 11.6 Å². The molecule has 0 fully saturated rings. The summed E-state index contributed by atoms with van der Waals surface area (Å²) in [6.45, 7) is 0.823. The number of hydrogen-bond acceptors (Lipinski definition) is 3. The maximum atomic E-state index is 12.6. The van der Waals surface area contributed by atoms with Gasteiger partial charge in [0.05, 0.1) is 13.2 Å². The molecule has 100 valence electrons. The highest BCUT2D eigenvalue weighted by Gasteiger charge is 2.39. The van der Waals surface area contributed by atoms with E-state index in [1.54, 1.807) is 0 Å². The Morgan fingerprint density at radius 3 is 2.28 bits per heavy atom. The fourth-order valence-corrected chi connectivity index (χ4v) is 1.89. The minimum absolute atomic E-state index is 0.0796. The highest BCUT2D eigenvalue weighted by atomic mass is 35.5. The van der Waals surface area contributed by atoms with Gasteiger partial charge in [-0.25, -0.2) is 0 Å². The molecular formula is C11H11ClF3NO2. The van der Waals surface area contributed by atoms with E-state index in [0.29, 0.717) is 25.4 Å². The van der Waals surface area contributed by atoms with Crippen LogP contribution in [0.15, 0.2) is 12.1 Å². The second-order valence-corrected chi connectivity index (χ2v) is 4.30. The summed E-state index contributed by atoms with van der Waals surface area (Å²) in [4.78, 5) is 0. The van der Waals surface area contributed by atoms with Gasteiger partial charge in [-0.05, 0) is 6.07 Å². The Morgan fingerprint density at radius 2 is 1.72 bits per heavy atom. The summed E-state index contributed by atoms with van der Waals surface area (Å²) in [7, 11) is 0. The van der Waals surface area contributed by atoms with Crippen LogP contribution in [0.5, 0.6) is 11.5 Å². The highest BCUT2D eigenvalue weighted by molar-refractivity contribution is 6.31. The van der Waals surface area contributed by atoms with Gasteiger partial charge in [0, 0.05) is 23.1 Å². The van der Waals surface area contributed by atoms with Gasteiger partial charge in [0.2, 0.25) is 0 Å². The summed E-state index contributed by atoms with van der Waals surface area (Å²) >= 11 is 5.80. The van der Waals surface area contributed by atoms with Crippen LogP contribution in [0.25, 0.3) is 0 Å². The third-order valence-electron chi connectivity index (χ3n) is 2.55. The van der Waals surface area contributed by atoms with Crippen molar-refractivity contribution in [1.29, 1.82) is 0 Å². The van der Waals surface area contributed by atoms with Gasteiger partial charge in [0.1, 0.15) is 6.04 Å². The molecule has 0 spiro atoms. The van der Waals surface area contributed by atoms with Crippen LogP contribution < -0.4 is 15.2 Å². The Morgan fingerprint density at radius 1 is 1.17 bits per heavy atom. The van der Waals surface area contributed by atoms with E-state index < -0.39 is 12.2 Å². The number of ether oxygens (including phenoxy) is 2. The summed E-state index contributed by atoms with van der Waals surface area (Å²) < 4.78 is 48.3. The van der Waals surface area contributed by atoms with E-state index >= 15 is 0 Å². The van der Waals surface area contributed by atoms with Crippen molar-refractivity contribution in [2.45, 2.75) is 18.6 Å². The van der Waals surface area contributed by atoms with Crippen LogP contribution in [0, 0.1) is 0 Å². The summed E-state index contributed by atoms with van der Waals surface area (Å²) in [5.41, 5.74) is 4.92. The van der Waals surface area contributed by atoms with Crippen molar-refractivity contribution in [3.8, 4) is 11.5 Å². The van der Waals surface area contributed by atoms with E-state index in [1.807, 2.05) is 0 Å². The number of halogens is 4. The largest absolute Gasteiger partial charge is 0.490 e. The van der Waals surface area contributed by atoms with Crippen LogP contribution in [0.3, 0.4) is 0 Å². The first-order chi connectivity index (χ1) is 8.39. The Labute approximate surface area is 107 Å². The van der Waals surface area contributed by atoms with Gasteiger partial charge in [-0.3, -0.25) is 0 Å². The van der Waals surface area contributed by atoms with Gasteiger partial charge in [-0.15, -0.1) is 0 Å². The van der Waals surface area contributed by atoms with Gasteiger partial charge in [-0.2, -0.15) is 13.2 Å². The maximum absolute atomic E-state index is 12.6. The molecule has 3 nitrogen and oxygen atoms in total. The van der Waals surface area contributed by atoms with Crippen LogP contribution in [-0.4, -0.2) is 19.4 Å². The van der Waals surface area contributed by atoms with Crippen LogP contribution in [0.2, 0.25) is 5.02 Å². The molecule has 2 N–H and O–H groups in total. The second-order valence-electron chi connectivity index (χ2n) is 3.89. The van der Waals surface area contributed by atoms with Crippen LogP contribution in [-0.2, 0) is 0 Å². The molecule has 0 saturated carbocycles. The molecule has 0 amide bonds. The van der Waals surface area contributed by atoms with Gasteiger partial charge >= 0.3 is 6.18 Å². The molecule has 2 rings (SSSR count). The highest BCUT2D eigenvalue weighted by Crippen LogP contribution is 2.40. The predicted octanol–water partition coefficient (Wildman–Crippen LogP) is 3.06. The average molecular weight is 282 g/mol. The number of hydrogen-bond donors (Lipinski definition) is 1. The summed E-state index contributed by atoms with van der Waals surface area (Å²) in [6, 6.07) is 0.367. The van der Waals surface area contributed by atoms with Gasteiger partial charge in [0.25, 0.3) is 0 Å².